The molecular formula is C28H43F2N3O2S. The second kappa shape index (κ2) is 15.9. The number of thiazole rings is 1. The summed E-state index contributed by atoms with van der Waals surface area (Å²) in [6.07, 6.45) is 10.7. The Morgan fingerprint density at radius 1 is 1.25 bits per heavy atom. The van der Waals surface area contributed by atoms with Crippen molar-refractivity contribution in [2.45, 2.75) is 90.5 Å². The van der Waals surface area contributed by atoms with E-state index in [2.05, 4.69) is 59.8 Å². The molecule has 2 N–H and O–H groups in total. The molecule has 0 saturated heterocycles. The van der Waals surface area contributed by atoms with Crippen LogP contribution in [0.1, 0.15) is 87.8 Å². The van der Waals surface area contributed by atoms with Gasteiger partial charge in [-0.15, -0.1) is 0 Å². The van der Waals surface area contributed by atoms with E-state index in [1.54, 1.807) is 0 Å². The van der Waals surface area contributed by atoms with Crippen LogP contribution in [0.3, 0.4) is 0 Å². The fourth-order valence-electron chi connectivity index (χ4n) is 4.53. The molecule has 1 amide bonds. The van der Waals surface area contributed by atoms with Crippen LogP contribution < -0.4 is 10.5 Å². The highest BCUT2D eigenvalue weighted by molar-refractivity contribution is 7.13. The van der Waals surface area contributed by atoms with Crippen LogP contribution in [0.15, 0.2) is 30.3 Å². The monoisotopic (exact) mass is 523 g/mol. The SMILES string of the molecule is CC(F)(F)COc1nc2c(s1)CCN(CCC1CCCCC1)C2.CCC(C)c1ccccc1.NC=O. The molecule has 1 aromatic carbocycles. The minimum atomic E-state index is -2.81. The third-order valence-electron chi connectivity index (χ3n) is 6.80. The number of rotatable bonds is 8. The lowest BCUT2D eigenvalue weighted by atomic mass is 9.87. The topological polar surface area (TPSA) is 68.4 Å². The zero-order chi connectivity index (χ0) is 26.4. The molecule has 8 heteroatoms. The Kier molecular flexibility index (Phi) is 13.3. The van der Waals surface area contributed by atoms with Crippen molar-refractivity contribution in [3.63, 3.8) is 0 Å². The lowest BCUT2D eigenvalue weighted by Gasteiger charge is -2.29. The summed E-state index contributed by atoms with van der Waals surface area (Å²) in [5.41, 5.74) is 6.64. The number of halogens is 2. The number of carbonyl (C=O) groups excluding carboxylic acids is 1. The van der Waals surface area contributed by atoms with Crippen LogP contribution in [0.25, 0.3) is 0 Å². The average molecular weight is 524 g/mol. The highest BCUT2D eigenvalue weighted by Gasteiger charge is 2.26. The predicted octanol–water partition coefficient (Wildman–Crippen LogP) is 6.81. The van der Waals surface area contributed by atoms with Crippen LogP contribution in [0.2, 0.25) is 0 Å². The van der Waals surface area contributed by atoms with Gasteiger partial charge in [0.2, 0.25) is 6.41 Å². The van der Waals surface area contributed by atoms with E-state index in [-0.39, 0.29) is 6.41 Å². The minimum absolute atomic E-state index is 0.250. The van der Waals surface area contributed by atoms with E-state index in [1.165, 1.54) is 66.7 Å². The standard InChI is InChI=1S/C17H26F2N2OS.C10H14.CH3NO/c1-17(18,19)12-22-16-20-14-11-21(10-8-15(14)23-16)9-7-13-5-3-2-4-6-13;1-3-9(2)10-7-5-4-6-8-10;2-1-3/h13H,2-12H2,1H3;4-9H,3H2,1-2H3;1H,(H2,2,3). The summed E-state index contributed by atoms with van der Waals surface area (Å²) < 4.78 is 30.9. The summed E-state index contributed by atoms with van der Waals surface area (Å²) in [5.74, 6) is -1.20. The number of alkyl halides is 2. The summed E-state index contributed by atoms with van der Waals surface area (Å²) in [7, 11) is 0. The molecule has 1 aliphatic heterocycles. The van der Waals surface area contributed by atoms with Gasteiger partial charge in [0.1, 0.15) is 0 Å². The van der Waals surface area contributed by atoms with Gasteiger partial charge in [-0.3, -0.25) is 9.69 Å². The Bertz CT molecular complexity index is 867. The number of benzene rings is 1. The molecule has 1 atom stereocenters. The molecule has 202 valence electrons. The number of ether oxygens (including phenoxy) is 1. The number of carbonyl (C=O) groups is 1. The van der Waals surface area contributed by atoms with E-state index in [0.29, 0.717) is 11.1 Å². The highest BCUT2D eigenvalue weighted by Crippen LogP contribution is 2.32. The number of nitrogens with zero attached hydrogens (tertiary/aromatic N) is 2. The van der Waals surface area contributed by atoms with Gasteiger partial charge < -0.3 is 10.5 Å². The second-order valence-electron chi connectivity index (χ2n) is 9.88. The molecule has 1 aliphatic carbocycles. The van der Waals surface area contributed by atoms with Gasteiger partial charge in [0, 0.05) is 24.9 Å². The van der Waals surface area contributed by atoms with Gasteiger partial charge in [0.15, 0.2) is 6.61 Å². The van der Waals surface area contributed by atoms with Crippen LogP contribution in [-0.4, -0.2) is 41.9 Å². The Morgan fingerprint density at radius 3 is 2.53 bits per heavy atom. The van der Waals surface area contributed by atoms with Crippen molar-refractivity contribution in [2.24, 2.45) is 11.7 Å². The van der Waals surface area contributed by atoms with Crippen molar-refractivity contribution in [3.8, 4) is 5.19 Å². The lowest BCUT2D eigenvalue weighted by molar-refractivity contribution is -0.106. The van der Waals surface area contributed by atoms with Gasteiger partial charge in [-0.05, 0) is 43.2 Å². The molecule has 2 heterocycles. The number of nitrogens with two attached hydrogens (primary N) is 1. The van der Waals surface area contributed by atoms with Crippen molar-refractivity contribution in [3.05, 3.63) is 46.5 Å². The molecule has 1 unspecified atom stereocenters. The normalized spacial score (nSPS) is 17.0. The fraction of sp³-hybridized carbons (Fsp3) is 0.643. The molecule has 1 fully saturated rings. The molecule has 2 aliphatic rings. The van der Waals surface area contributed by atoms with Crippen molar-refractivity contribution < 1.29 is 18.3 Å². The predicted molar refractivity (Wildman–Crippen MR) is 144 cm³/mol. The van der Waals surface area contributed by atoms with Gasteiger partial charge in [0.25, 0.3) is 11.1 Å². The Balaban J connectivity index is 0.000000292. The summed E-state index contributed by atoms with van der Waals surface area (Å²) >= 11 is 1.43. The van der Waals surface area contributed by atoms with Crippen molar-refractivity contribution in [1.82, 2.24) is 9.88 Å². The summed E-state index contributed by atoms with van der Waals surface area (Å²) in [4.78, 5) is 16.7. The van der Waals surface area contributed by atoms with E-state index in [1.807, 2.05) is 0 Å². The zero-order valence-electron chi connectivity index (χ0n) is 22.1. The lowest BCUT2D eigenvalue weighted by Crippen LogP contribution is -2.32. The summed E-state index contributed by atoms with van der Waals surface area (Å²) in [5, 5.41) is 0.394. The number of hydrogen-bond acceptors (Lipinski definition) is 5. The smallest absolute Gasteiger partial charge is 0.278 e. The van der Waals surface area contributed by atoms with Crippen LogP contribution >= 0.6 is 11.3 Å². The molecule has 36 heavy (non-hydrogen) atoms. The Labute approximate surface area is 219 Å². The molecule has 4 rings (SSSR count). The second-order valence-corrected chi connectivity index (χ2v) is 10.9. The van der Waals surface area contributed by atoms with Crippen LogP contribution in [0, 0.1) is 5.92 Å². The summed E-state index contributed by atoms with van der Waals surface area (Å²) in [6, 6.07) is 10.6. The molecular weight excluding hydrogens is 480 g/mol. The fourth-order valence-corrected chi connectivity index (χ4v) is 5.43. The first-order chi connectivity index (χ1) is 17.3. The van der Waals surface area contributed by atoms with Gasteiger partial charge in [-0.2, -0.15) is 0 Å². The van der Waals surface area contributed by atoms with Crippen molar-refractivity contribution in [2.75, 3.05) is 19.7 Å². The molecule has 2 aromatic rings. The Hall–Kier alpha value is -2.06. The molecule has 0 bridgehead atoms. The van der Waals surface area contributed by atoms with Gasteiger partial charge in [0.05, 0.1) is 5.69 Å². The molecule has 0 radical (unpaired) electrons. The number of primary amides is 1. The molecule has 1 saturated carbocycles. The van der Waals surface area contributed by atoms with Gasteiger partial charge in [-0.1, -0.05) is 87.6 Å². The first-order valence-electron chi connectivity index (χ1n) is 13.2. The largest absolute Gasteiger partial charge is 0.464 e. The van der Waals surface area contributed by atoms with Crippen LogP contribution in [0.5, 0.6) is 5.19 Å². The average Bonchev–Trinajstić information content (AvgIpc) is 3.30. The van der Waals surface area contributed by atoms with Gasteiger partial charge in [-0.25, -0.2) is 13.8 Å². The number of amides is 1. The maximum absolute atomic E-state index is 12.9. The van der Waals surface area contributed by atoms with Crippen molar-refractivity contribution in [1.29, 1.82) is 0 Å². The zero-order valence-corrected chi connectivity index (χ0v) is 22.9. The van der Waals surface area contributed by atoms with E-state index in [4.69, 9.17) is 9.53 Å². The highest BCUT2D eigenvalue weighted by atomic mass is 32.1. The van der Waals surface area contributed by atoms with Crippen LogP contribution in [-0.2, 0) is 17.8 Å². The quantitative estimate of drug-likeness (QED) is 0.386. The van der Waals surface area contributed by atoms with E-state index < -0.39 is 12.5 Å². The van der Waals surface area contributed by atoms with Crippen molar-refractivity contribution >= 4 is 17.7 Å². The molecule has 1 aromatic heterocycles. The van der Waals surface area contributed by atoms with Gasteiger partial charge >= 0.3 is 0 Å². The summed E-state index contributed by atoms with van der Waals surface area (Å²) in [6.45, 7) is 7.77. The third kappa shape index (κ3) is 11.3. The minimum Gasteiger partial charge on any atom is -0.464 e. The maximum Gasteiger partial charge on any atom is 0.278 e. The van der Waals surface area contributed by atoms with E-state index in [0.717, 1.165) is 44.6 Å². The number of fused-ring (bicyclic) bond motifs is 1. The van der Waals surface area contributed by atoms with E-state index in [9.17, 15) is 8.78 Å². The first kappa shape index (κ1) is 30.2. The number of hydrogen-bond donors (Lipinski definition) is 1. The molecule has 0 spiro atoms. The number of aromatic nitrogens is 1. The maximum atomic E-state index is 12.9. The third-order valence-corrected chi connectivity index (χ3v) is 7.87. The first-order valence-corrected chi connectivity index (χ1v) is 14.0. The molecule has 5 nitrogen and oxygen atoms in total. The van der Waals surface area contributed by atoms with Crippen LogP contribution in [0.4, 0.5) is 8.78 Å². The van der Waals surface area contributed by atoms with E-state index >= 15 is 0 Å². The Morgan fingerprint density at radius 2 is 1.92 bits per heavy atom.